The SMILES string of the molecule is CC1=c2ncc#cc2=CCC1. The van der Waals surface area contributed by atoms with Gasteiger partial charge >= 0.3 is 0 Å². The second kappa shape index (κ2) is 2.39. The van der Waals surface area contributed by atoms with Crippen LogP contribution in [0.15, 0.2) is 6.20 Å². The van der Waals surface area contributed by atoms with Gasteiger partial charge < -0.3 is 0 Å². The Morgan fingerprint density at radius 2 is 2.45 bits per heavy atom. The van der Waals surface area contributed by atoms with Crippen molar-refractivity contribution in [3.63, 3.8) is 0 Å². The molecule has 1 heteroatoms. The summed E-state index contributed by atoms with van der Waals surface area (Å²) in [5.74, 6) is 0. The molecule has 0 fully saturated rings. The number of nitrogens with zero attached hydrogens (tertiary/aromatic N) is 1. The lowest BCUT2D eigenvalue weighted by atomic mass is 10.1. The third-order valence-electron chi connectivity index (χ3n) is 1.99. The minimum absolute atomic E-state index is 1.11. The van der Waals surface area contributed by atoms with Crippen molar-refractivity contribution in [3.05, 3.63) is 28.9 Å². The molecule has 0 radical (unpaired) electrons. The lowest BCUT2D eigenvalue weighted by Gasteiger charge is -2.01. The van der Waals surface area contributed by atoms with Gasteiger partial charge in [-0.25, -0.2) is 4.98 Å². The molecule has 1 aliphatic carbocycles. The largest absolute Gasteiger partial charge is 0.247 e. The monoisotopic (exact) mass is 143 g/mol. The smallest absolute Gasteiger partial charge is 0.0780 e. The molecule has 1 nitrogen and oxygen atoms in total. The van der Waals surface area contributed by atoms with Gasteiger partial charge in [0.2, 0.25) is 0 Å². The van der Waals surface area contributed by atoms with Gasteiger partial charge in [-0.2, -0.15) is 0 Å². The van der Waals surface area contributed by atoms with Gasteiger partial charge in [0, 0.05) is 5.22 Å². The van der Waals surface area contributed by atoms with E-state index in [1.54, 1.807) is 6.20 Å². The number of rotatable bonds is 0. The van der Waals surface area contributed by atoms with Gasteiger partial charge in [0.1, 0.15) is 0 Å². The molecule has 0 aromatic carbocycles. The summed E-state index contributed by atoms with van der Waals surface area (Å²) < 4.78 is 0. The van der Waals surface area contributed by atoms with Crippen LogP contribution in [0.3, 0.4) is 0 Å². The van der Waals surface area contributed by atoms with Crippen LogP contribution in [0.25, 0.3) is 11.6 Å². The van der Waals surface area contributed by atoms with Crippen LogP contribution >= 0.6 is 0 Å². The summed E-state index contributed by atoms with van der Waals surface area (Å²) in [6.45, 7) is 2.13. The Morgan fingerprint density at radius 1 is 1.55 bits per heavy atom. The number of aromatic nitrogens is 1. The Morgan fingerprint density at radius 3 is 3.27 bits per heavy atom. The molecule has 1 aromatic heterocycles. The van der Waals surface area contributed by atoms with E-state index < -0.39 is 0 Å². The maximum absolute atomic E-state index is 4.25. The molecule has 0 N–H and O–H groups in total. The van der Waals surface area contributed by atoms with E-state index in [9.17, 15) is 0 Å². The average Bonchev–Trinajstić information content (AvgIpc) is 2.06. The molecule has 1 heterocycles. The molecular weight excluding hydrogens is 134 g/mol. The molecule has 54 valence electrons. The number of hydrogen-bond donors (Lipinski definition) is 0. The predicted octanol–water partition coefficient (Wildman–Crippen LogP) is 0.427. The van der Waals surface area contributed by atoms with Gasteiger partial charge in [-0.15, -0.1) is 0 Å². The van der Waals surface area contributed by atoms with Gasteiger partial charge in [0.15, 0.2) is 0 Å². The van der Waals surface area contributed by atoms with Crippen molar-refractivity contribution in [1.82, 2.24) is 4.98 Å². The van der Waals surface area contributed by atoms with Crippen LogP contribution < -0.4 is 10.6 Å². The van der Waals surface area contributed by atoms with Crippen LogP contribution in [0, 0.1) is 12.1 Å². The first kappa shape index (κ1) is 6.42. The second-order valence-corrected chi connectivity index (χ2v) is 2.81. The Hall–Kier alpha value is -1.29. The lowest BCUT2D eigenvalue weighted by molar-refractivity contribution is 1.03. The third-order valence-corrected chi connectivity index (χ3v) is 1.99. The summed E-state index contributed by atoms with van der Waals surface area (Å²) in [4.78, 5) is 4.25. The lowest BCUT2D eigenvalue weighted by Crippen LogP contribution is -2.30. The molecule has 0 bridgehead atoms. The molecule has 1 aromatic rings. The number of fused-ring (bicyclic) bond motifs is 1. The minimum Gasteiger partial charge on any atom is -0.247 e. The first-order chi connectivity index (χ1) is 5.38. The number of hydrogen-bond acceptors (Lipinski definition) is 1. The van der Waals surface area contributed by atoms with E-state index in [0.717, 1.165) is 23.4 Å². The van der Waals surface area contributed by atoms with E-state index in [-0.39, 0.29) is 0 Å². The Kier molecular flexibility index (Phi) is 1.40. The zero-order chi connectivity index (χ0) is 7.68. The van der Waals surface area contributed by atoms with Crippen molar-refractivity contribution in [2.75, 3.05) is 0 Å². The Balaban J connectivity index is 2.89. The first-order valence-corrected chi connectivity index (χ1v) is 3.82. The molecule has 0 unspecified atom stereocenters. The third kappa shape index (κ3) is 1.01. The van der Waals surface area contributed by atoms with E-state index in [1.165, 1.54) is 5.57 Å². The van der Waals surface area contributed by atoms with Crippen LogP contribution in [0.2, 0.25) is 0 Å². The van der Waals surface area contributed by atoms with Crippen molar-refractivity contribution in [2.24, 2.45) is 0 Å². The van der Waals surface area contributed by atoms with Crippen molar-refractivity contribution in [3.8, 4) is 0 Å². The fraction of sp³-hybridized carbons (Fsp3) is 0.300. The molecule has 0 spiro atoms. The summed E-state index contributed by atoms with van der Waals surface area (Å²) in [5, 5.41) is 2.23. The fourth-order valence-electron chi connectivity index (χ4n) is 1.37. The molecule has 2 rings (SSSR count). The minimum atomic E-state index is 1.11. The molecule has 1 aliphatic rings. The highest BCUT2D eigenvalue weighted by Crippen LogP contribution is 2.04. The topological polar surface area (TPSA) is 12.9 Å². The highest BCUT2D eigenvalue weighted by molar-refractivity contribution is 5.46. The van der Waals surface area contributed by atoms with Crippen molar-refractivity contribution >= 4 is 11.6 Å². The molecular formula is C10H9N. The summed E-state index contributed by atoms with van der Waals surface area (Å²) in [6, 6.07) is 5.92. The van der Waals surface area contributed by atoms with E-state index in [0.29, 0.717) is 0 Å². The van der Waals surface area contributed by atoms with Gasteiger partial charge in [0.25, 0.3) is 0 Å². The van der Waals surface area contributed by atoms with E-state index in [2.05, 4.69) is 30.1 Å². The fourth-order valence-corrected chi connectivity index (χ4v) is 1.37. The van der Waals surface area contributed by atoms with Crippen LogP contribution in [0.4, 0.5) is 0 Å². The molecule has 0 aliphatic heterocycles. The molecule has 11 heavy (non-hydrogen) atoms. The maximum atomic E-state index is 4.25. The summed E-state index contributed by atoms with van der Waals surface area (Å²) in [6.07, 6.45) is 6.11. The molecule has 0 saturated heterocycles. The first-order valence-electron chi connectivity index (χ1n) is 3.82. The molecule has 0 saturated carbocycles. The van der Waals surface area contributed by atoms with Crippen molar-refractivity contribution in [2.45, 2.75) is 19.8 Å². The van der Waals surface area contributed by atoms with Crippen LogP contribution in [-0.2, 0) is 0 Å². The van der Waals surface area contributed by atoms with Gasteiger partial charge in [0.05, 0.1) is 11.5 Å². The highest BCUT2D eigenvalue weighted by Gasteiger charge is 1.98. The van der Waals surface area contributed by atoms with Gasteiger partial charge in [-0.3, -0.25) is 0 Å². The average molecular weight is 143 g/mol. The second-order valence-electron chi connectivity index (χ2n) is 2.81. The normalized spacial score (nSPS) is 14.8. The van der Waals surface area contributed by atoms with E-state index in [1.807, 2.05) is 0 Å². The highest BCUT2D eigenvalue weighted by atomic mass is 14.6. The van der Waals surface area contributed by atoms with E-state index in [4.69, 9.17) is 0 Å². The van der Waals surface area contributed by atoms with Gasteiger partial charge in [-0.05, 0) is 31.4 Å². The molecule has 0 amide bonds. The standard InChI is InChI=1S/C10H9N/c1-8-4-2-5-9-6-3-7-11-10(8)9/h5,7H,2,4H2,1H3. The summed E-state index contributed by atoms with van der Waals surface area (Å²) in [7, 11) is 0. The van der Waals surface area contributed by atoms with Gasteiger partial charge in [-0.1, -0.05) is 12.1 Å². The zero-order valence-electron chi connectivity index (χ0n) is 6.52. The summed E-state index contributed by atoms with van der Waals surface area (Å²) >= 11 is 0. The summed E-state index contributed by atoms with van der Waals surface area (Å²) in [5.41, 5.74) is 1.37. The Labute approximate surface area is 66.1 Å². The van der Waals surface area contributed by atoms with Crippen LogP contribution in [-0.4, -0.2) is 4.98 Å². The maximum Gasteiger partial charge on any atom is 0.0780 e. The Bertz CT molecular complexity index is 376. The predicted molar refractivity (Wildman–Crippen MR) is 43.9 cm³/mol. The van der Waals surface area contributed by atoms with Crippen LogP contribution in [0.5, 0.6) is 0 Å². The van der Waals surface area contributed by atoms with E-state index >= 15 is 0 Å². The van der Waals surface area contributed by atoms with Crippen molar-refractivity contribution in [1.29, 1.82) is 0 Å². The zero-order valence-corrected chi connectivity index (χ0v) is 6.52. The van der Waals surface area contributed by atoms with Crippen molar-refractivity contribution < 1.29 is 0 Å². The quantitative estimate of drug-likeness (QED) is 0.513. The van der Waals surface area contributed by atoms with Crippen LogP contribution in [0.1, 0.15) is 19.8 Å². The molecule has 0 atom stereocenters.